The fourth-order valence-electron chi connectivity index (χ4n) is 3.03. The molecule has 0 spiro atoms. The van der Waals surface area contributed by atoms with Gasteiger partial charge in [0.1, 0.15) is 0 Å². The topological polar surface area (TPSA) is 17.8 Å². The van der Waals surface area contributed by atoms with Gasteiger partial charge in [0.15, 0.2) is 0 Å². The Labute approximate surface area is 127 Å². The van der Waals surface area contributed by atoms with Crippen molar-refractivity contribution < 1.29 is 0 Å². The minimum Gasteiger partial charge on any atom is -0.271 e. The summed E-state index contributed by atoms with van der Waals surface area (Å²) in [6, 6.07) is 0. The van der Waals surface area contributed by atoms with Gasteiger partial charge in [0.25, 0.3) is 0 Å². The molecule has 0 amide bonds. The van der Waals surface area contributed by atoms with E-state index in [0.29, 0.717) is 5.41 Å². The highest BCUT2D eigenvalue weighted by atomic mass is 79.9. The minimum absolute atomic E-state index is 0.444. The molecule has 0 aromatic carbocycles. The van der Waals surface area contributed by atoms with Crippen LogP contribution in [0.1, 0.15) is 50.4 Å². The van der Waals surface area contributed by atoms with Crippen LogP contribution >= 0.6 is 31.9 Å². The number of aryl methyl sites for hydroxylation is 2. The van der Waals surface area contributed by atoms with E-state index < -0.39 is 0 Å². The van der Waals surface area contributed by atoms with Gasteiger partial charge in [0.2, 0.25) is 0 Å². The van der Waals surface area contributed by atoms with E-state index in [0.717, 1.165) is 18.2 Å². The molecule has 0 atom stereocenters. The molecule has 0 unspecified atom stereocenters. The molecule has 0 bridgehead atoms. The van der Waals surface area contributed by atoms with Crippen LogP contribution in [0, 0.1) is 5.41 Å². The highest BCUT2D eigenvalue weighted by Crippen LogP contribution is 2.42. The van der Waals surface area contributed by atoms with E-state index in [-0.39, 0.29) is 0 Å². The summed E-state index contributed by atoms with van der Waals surface area (Å²) in [7, 11) is 2.07. The molecule has 0 saturated heterocycles. The fourth-order valence-corrected chi connectivity index (χ4v) is 4.54. The maximum absolute atomic E-state index is 4.61. The zero-order valence-corrected chi connectivity index (χ0v) is 14.5. The normalized spacial score (nSPS) is 19.1. The Kier molecular flexibility index (Phi) is 4.92. The Morgan fingerprint density at radius 2 is 1.94 bits per heavy atom. The molecule has 0 radical (unpaired) electrons. The first-order valence-electron chi connectivity index (χ1n) is 6.88. The molecule has 2 nitrogen and oxygen atoms in total. The summed E-state index contributed by atoms with van der Waals surface area (Å²) in [4.78, 5) is 0. The Balaban J connectivity index is 2.24. The lowest BCUT2D eigenvalue weighted by Gasteiger charge is -2.36. The summed E-state index contributed by atoms with van der Waals surface area (Å²) >= 11 is 7.50. The van der Waals surface area contributed by atoms with Gasteiger partial charge in [-0.25, -0.2) is 0 Å². The van der Waals surface area contributed by atoms with Crippen LogP contribution in [0.15, 0.2) is 4.47 Å². The van der Waals surface area contributed by atoms with Gasteiger partial charge < -0.3 is 0 Å². The van der Waals surface area contributed by atoms with Gasteiger partial charge in [-0.15, -0.1) is 0 Å². The smallest absolute Gasteiger partial charge is 0.0766 e. The Morgan fingerprint density at radius 1 is 1.28 bits per heavy atom. The van der Waals surface area contributed by atoms with Crippen molar-refractivity contribution >= 4 is 31.9 Å². The average Bonchev–Trinajstić information content (AvgIpc) is 2.67. The molecule has 1 aliphatic rings. The molecule has 1 heterocycles. The number of halogens is 2. The van der Waals surface area contributed by atoms with Crippen LogP contribution in [0.25, 0.3) is 0 Å². The van der Waals surface area contributed by atoms with Crippen LogP contribution in [-0.2, 0) is 19.9 Å². The van der Waals surface area contributed by atoms with Crippen molar-refractivity contribution in [3.63, 3.8) is 0 Å². The average molecular weight is 378 g/mol. The predicted octanol–water partition coefficient (Wildman–Crippen LogP) is 4.63. The molecule has 1 aromatic heterocycles. The van der Waals surface area contributed by atoms with Crippen LogP contribution < -0.4 is 0 Å². The van der Waals surface area contributed by atoms with Gasteiger partial charge in [0.05, 0.1) is 15.9 Å². The molecular weight excluding hydrogens is 356 g/mol. The molecule has 1 aliphatic carbocycles. The van der Waals surface area contributed by atoms with Crippen molar-refractivity contribution in [2.45, 2.75) is 51.9 Å². The highest BCUT2D eigenvalue weighted by molar-refractivity contribution is 9.10. The summed E-state index contributed by atoms with van der Waals surface area (Å²) in [5.74, 6) is 0. The maximum atomic E-state index is 4.61. The van der Waals surface area contributed by atoms with Gasteiger partial charge in [-0.1, -0.05) is 42.1 Å². The van der Waals surface area contributed by atoms with E-state index in [1.165, 1.54) is 48.0 Å². The van der Waals surface area contributed by atoms with Crippen LogP contribution in [0.5, 0.6) is 0 Å². The Morgan fingerprint density at radius 3 is 2.44 bits per heavy atom. The third-order valence-electron chi connectivity index (χ3n) is 4.24. The summed E-state index contributed by atoms with van der Waals surface area (Å²) in [5.41, 5.74) is 3.00. The SMILES string of the molecule is CCc1nn(C)c(CC2(CBr)CCCCC2)c1Br. The second-order valence-corrected chi connectivity index (χ2v) is 6.91. The summed E-state index contributed by atoms with van der Waals surface area (Å²) < 4.78 is 3.31. The van der Waals surface area contributed by atoms with Crippen molar-refractivity contribution in [1.82, 2.24) is 9.78 Å². The summed E-state index contributed by atoms with van der Waals surface area (Å²) in [6.07, 6.45) is 8.98. The first kappa shape index (κ1) is 14.6. The number of hydrogen-bond acceptors (Lipinski definition) is 1. The summed E-state index contributed by atoms with van der Waals surface area (Å²) in [5, 5.41) is 5.72. The first-order valence-corrected chi connectivity index (χ1v) is 8.79. The highest BCUT2D eigenvalue weighted by Gasteiger charge is 2.33. The zero-order chi connectivity index (χ0) is 13.2. The first-order chi connectivity index (χ1) is 8.62. The molecular formula is C14H22Br2N2. The number of aromatic nitrogens is 2. The zero-order valence-electron chi connectivity index (χ0n) is 11.3. The van der Waals surface area contributed by atoms with Crippen LogP contribution in [0.3, 0.4) is 0 Å². The van der Waals surface area contributed by atoms with E-state index in [1.54, 1.807) is 0 Å². The van der Waals surface area contributed by atoms with Crippen molar-refractivity contribution in [3.05, 3.63) is 15.9 Å². The van der Waals surface area contributed by atoms with Gasteiger partial charge in [-0.3, -0.25) is 4.68 Å². The molecule has 1 saturated carbocycles. The predicted molar refractivity (Wildman–Crippen MR) is 83.3 cm³/mol. The second kappa shape index (κ2) is 6.08. The molecule has 4 heteroatoms. The van der Waals surface area contributed by atoms with E-state index in [4.69, 9.17) is 0 Å². The van der Waals surface area contributed by atoms with Gasteiger partial charge in [0, 0.05) is 12.4 Å². The molecule has 0 aliphatic heterocycles. The molecule has 1 fully saturated rings. The number of rotatable bonds is 4. The number of alkyl halides is 1. The lowest BCUT2D eigenvalue weighted by atomic mass is 9.72. The Hall–Kier alpha value is 0.170. The van der Waals surface area contributed by atoms with Gasteiger partial charge in [-0.05, 0) is 47.0 Å². The second-order valence-electron chi connectivity index (χ2n) is 5.56. The quantitative estimate of drug-likeness (QED) is 0.699. The largest absolute Gasteiger partial charge is 0.271 e. The van der Waals surface area contributed by atoms with Crippen molar-refractivity contribution in [3.8, 4) is 0 Å². The Bertz CT molecular complexity index is 406. The summed E-state index contributed by atoms with van der Waals surface area (Å²) in [6.45, 7) is 2.16. The lowest BCUT2D eigenvalue weighted by Crippen LogP contribution is -2.29. The van der Waals surface area contributed by atoms with Crippen LogP contribution in [0.4, 0.5) is 0 Å². The monoisotopic (exact) mass is 376 g/mol. The third-order valence-corrected chi connectivity index (χ3v) is 6.35. The fraction of sp³-hybridized carbons (Fsp3) is 0.786. The van der Waals surface area contributed by atoms with Crippen molar-refractivity contribution in [2.24, 2.45) is 12.5 Å². The standard InChI is InChI=1S/C14H22Br2N2/c1-3-11-13(16)12(18(2)17-11)9-14(10-15)7-5-4-6-8-14/h3-10H2,1-2H3. The van der Waals surface area contributed by atoms with E-state index >= 15 is 0 Å². The van der Waals surface area contributed by atoms with Crippen LogP contribution in [0.2, 0.25) is 0 Å². The van der Waals surface area contributed by atoms with E-state index in [9.17, 15) is 0 Å². The van der Waals surface area contributed by atoms with E-state index in [2.05, 4.69) is 55.6 Å². The lowest BCUT2D eigenvalue weighted by molar-refractivity contribution is 0.219. The number of nitrogens with zero attached hydrogens (tertiary/aromatic N) is 2. The van der Waals surface area contributed by atoms with Crippen LogP contribution in [-0.4, -0.2) is 15.1 Å². The maximum Gasteiger partial charge on any atom is 0.0766 e. The molecule has 102 valence electrons. The number of hydrogen-bond donors (Lipinski definition) is 0. The molecule has 0 N–H and O–H groups in total. The van der Waals surface area contributed by atoms with Gasteiger partial charge >= 0.3 is 0 Å². The van der Waals surface area contributed by atoms with Crippen molar-refractivity contribution in [2.75, 3.05) is 5.33 Å². The van der Waals surface area contributed by atoms with E-state index in [1.807, 2.05) is 0 Å². The molecule has 2 rings (SSSR count). The molecule has 1 aromatic rings. The van der Waals surface area contributed by atoms with Gasteiger partial charge in [-0.2, -0.15) is 5.10 Å². The minimum atomic E-state index is 0.444. The van der Waals surface area contributed by atoms with Crippen molar-refractivity contribution in [1.29, 1.82) is 0 Å². The third kappa shape index (κ3) is 2.84. The molecule has 18 heavy (non-hydrogen) atoms.